The van der Waals surface area contributed by atoms with Crippen LogP contribution in [0.1, 0.15) is 39.3 Å². The van der Waals surface area contributed by atoms with Crippen molar-refractivity contribution >= 4 is 29.1 Å². The first-order valence-corrected chi connectivity index (χ1v) is 9.90. The molecule has 9 nitrogen and oxygen atoms in total. The molecule has 2 amide bonds. The van der Waals surface area contributed by atoms with Gasteiger partial charge < -0.3 is 9.80 Å². The van der Waals surface area contributed by atoms with Gasteiger partial charge in [-0.1, -0.05) is 11.6 Å². The topological polar surface area (TPSA) is 102 Å². The van der Waals surface area contributed by atoms with Crippen LogP contribution in [0.4, 0.5) is 5.69 Å². The lowest BCUT2D eigenvalue weighted by atomic mass is 10.1. The molecule has 4 rings (SSSR count). The maximum atomic E-state index is 12.9. The summed E-state index contributed by atoms with van der Waals surface area (Å²) in [5.41, 5.74) is 1.55. The van der Waals surface area contributed by atoms with Gasteiger partial charge in [0.2, 0.25) is 0 Å². The van der Waals surface area contributed by atoms with E-state index in [0.717, 1.165) is 31.5 Å². The normalized spacial score (nSPS) is 16.4. The molecule has 1 aromatic carbocycles. The van der Waals surface area contributed by atoms with Gasteiger partial charge in [-0.25, -0.2) is 0 Å². The summed E-state index contributed by atoms with van der Waals surface area (Å²) >= 11 is 6.09. The Kier molecular flexibility index (Phi) is 5.23. The van der Waals surface area contributed by atoms with Crippen LogP contribution in [0.3, 0.4) is 0 Å². The van der Waals surface area contributed by atoms with Gasteiger partial charge in [0, 0.05) is 44.9 Å². The highest BCUT2D eigenvalue weighted by molar-refractivity contribution is 6.33. The van der Waals surface area contributed by atoms with Crippen molar-refractivity contribution in [1.29, 1.82) is 0 Å². The highest BCUT2D eigenvalue weighted by Gasteiger charge is 2.29. The lowest BCUT2D eigenvalue weighted by molar-refractivity contribution is -0.384. The molecule has 0 aliphatic carbocycles. The summed E-state index contributed by atoms with van der Waals surface area (Å²) in [6.45, 7) is 2.30. The van der Waals surface area contributed by atoms with Gasteiger partial charge in [-0.3, -0.25) is 24.4 Å². The van der Waals surface area contributed by atoms with Crippen molar-refractivity contribution in [3.05, 3.63) is 56.4 Å². The first kappa shape index (κ1) is 19.4. The minimum absolute atomic E-state index is 0.0615. The minimum Gasteiger partial charge on any atom is -0.335 e. The Morgan fingerprint density at radius 1 is 1.00 bits per heavy atom. The molecule has 0 spiro atoms. The average molecular weight is 418 g/mol. The van der Waals surface area contributed by atoms with E-state index in [9.17, 15) is 19.7 Å². The molecular formula is C19H20ClN5O4. The SMILES string of the molecule is O=C(c1cc([N+](=O)[O-])ccc1Cl)N1CCN(C(=O)c2cnn3c2CCCC3)CC1. The van der Waals surface area contributed by atoms with Gasteiger partial charge in [0.25, 0.3) is 17.5 Å². The molecule has 0 bridgehead atoms. The lowest BCUT2D eigenvalue weighted by Gasteiger charge is -2.35. The number of benzene rings is 1. The van der Waals surface area contributed by atoms with E-state index in [-0.39, 0.29) is 28.1 Å². The van der Waals surface area contributed by atoms with Gasteiger partial charge in [-0.15, -0.1) is 0 Å². The quantitative estimate of drug-likeness (QED) is 0.563. The third-order valence-corrected chi connectivity index (χ3v) is 5.79. The van der Waals surface area contributed by atoms with Crippen LogP contribution in [0.2, 0.25) is 5.02 Å². The summed E-state index contributed by atoms with van der Waals surface area (Å²) in [6.07, 6.45) is 4.62. The maximum Gasteiger partial charge on any atom is 0.270 e. The monoisotopic (exact) mass is 417 g/mol. The van der Waals surface area contributed by atoms with E-state index in [1.165, 1.54) is 18.2 Å². The molecule has 0 unspecified atom stereocenters. The zero-order chi connectivity index (χ0) is 20.5. The second-order valence-corrected chi connectivity index (χ2v) is 7.60. The number of rotatable bonds is 3. The predicted molar refractivity (Wildman–Crippen MR) is 105 cm³/mol. The Bertz CT molecular complexity index is 981. The highest BCUT2D eigenvalue weighted by Crippen LogP contribution is 2.25. The molecule has 0 radical (unpaired) electrons. The number of hydrogen-bond acceptors (Lipinski definition) is 5. The number of amides is 2. The molecular weight excluding hydrogens is 398 g/mol. The molecule has 0 saturated carbocycles. The first-order chi connectivity index (χ1) is 14.0. The molecule has 2 aliphatic rings. The maximum absolute atomic E-state index is 12.9. The van der Waals surface area contributed by atoms with Crippen LogP contribution in [-0.4, -0.2) is 62.5 Å². The van der Waals surface area contributed by atoms with Crippen LogP contribution in [0.25, 0.3) is 0 Å². The summed E-state index contributed by atoms with van der Waals surface area (Å²) < 4.78 is 1.90. The van der Waals surface area contributed by atoms with E-state index in [1.54, 1.807) is 16.0 Å². The largest absolute Gasteiger partial charge is 0.335 e. The Morgan fingerprint density at radius 3 is 2.31 bits per heavy atom. The molecule has 2 aromatic rings. The van der Waals surface area contributed by atoms with Crippen LogP contribution in [-0.2, 0) is 13.0 Å². The molecule has 29 heavy (non-hydrogen) atoms. The van der Waals surface area contributed by atoms with Crippen molar-refractivity contribution in [2.24, 2.45) is 0 Å². The second-order valence-electron chi connectivity index (χ2n) is 7.19. The molecule has 0 N–H and O–H groups in total. The number of nitro groups is 1. The van der Waals surface area contributed by atoms with Crippen molar-refractivity contribution in [2.45, 2.75) is 25.8 Å². The Morgan fingerprint density at radius 2 is 1.66 bits per heavy atom. The third kappa shape index (κ3) is 3.69. The van der Waals surface area contributed by atoms with Crippen LogP contribution < -0.4 is 0 Å². The number of carbonyl (C=O) groups is 2. The van der Waals surface area contributed by atoms with Gasteiger partial charge in [0.05, 0.1) is 33.0 Å². The van der Waals surface area contributed by atoms with Crippen LogP contribution in [0, 0.1) is 10.1 Å². The summed E-state index contributed by atoms with van der Waals surface area (Å²) in [5.74, 6) is -0.428. The number of halogens is 1. The second kappa shape index (κ2) is 7.82. The van der Waals surface area contributed by atoms with Crippen molar-refractivity contribution in [2.75, 3.05) is 26.2 Å². The number of fused-ring (bicyclic) bond motifs is 1. The third-order valence-electron chi connectivity index (χ3n) is 5.46. The standard InChI is InChI=1S/C19H20ClN5O4/c20-16-5-4-13(25(28)29)11-14(16)18(26)22-7-9-23(10-8-22)19(27)15-12-21-24-6-2-1-3-17(15)24/h4-5,11-12H,1-3,6-10H2. The summed E-state index contributed by atoms with van der Waals surface area (Å²) in [6, 6.07) is 3.82. The van der Waals surface area contributed by atoms with E-state index in [4.69, 9.17) is 11.6 Å². The number of non-ortho nitro benzene ring substituents is 1. The summed E-state index contributed by atoms with van der Waals surface area (Å²) in [4.78, 5) is 39.4. The number of aryl methyl sites for hydroxylation is 1. The smallest absolute Gasteiger partial charge is 0.270 e. The fourth-order valence-corrected chi connectivity index (χ4v) is 4.04. The number of nitrogens with zero attached hydrogens (tertiary/aromatic N) is 5. The number of aromatic nitrogens is 2. The van der Waals surface area contributed by atoms with Gasteiger partial charge in [-0.05, 0) is 25.3 Å². The zero-order valence-corrected chi connectivity index (χ0v) is 16.5. The van der Waals surface area contributed by atoms with Gasteiger partial charge in [0.15, 0.2) is 0 Å². The first-order valence-electron chi connectivity index (χ1n) is 9.53. The number of piperazine rings is 1. The molecule has 1 aromatic heterocycles. The van der Waals surface area contributed by atoms with E-state index < -0.39 is 4.92 Å². The molecule has 1 fully saturated rings. The van der Waals surface area contributed by atoms with Gasteiger partial charge in [0.1, 0.15) is 0 Å². The molecule has 0 atom stereocenters. The summed E-state index contributed by atoms with van der Waals surface area (Å²) in [7, 11) is 0. The fraction of sp³-hybridized carbons (Fsp3) is 0.421. The predicted octanol–water partition coefficient (Wildman–Crippen LogP) is 2.38. The van der Waals surface area contributed by atoms with Crippen LogP contribution >= 0.6 is 11.6 Å². The number of nitro benzene ring substituents is 1. The van der Waals surface area contributed by atoms with Crippen molar-refractivity contribution < 1.29 is 14.5 Å². The van der Waals surface area contributed by atoms with E-state index in [0.29, 0.717) is 31.7 Å². The molecule has 2 aliphatic heterocycles. The van der Waals surface area contributed by atoms with Gasteiger partial charge in [-0.2, -0.15) is 5.10 Å². The van der Waals surface area contributed by atoms with Crippen LogP contribution in [0.5, 0.6) is 0 Å². The summed E-state index contributed by atoms with van der Waals surface area (Å²) in [5, 5.41) is 15.5. The zero-order valence-electron chi connectivity index (χ0n) is 15.7. The minimum atomic E-state index is -0.559. The lowest BCUT2D eigenvalue weighted by Crippen LogP contribution is -2.50. The van der Waals surface area contributed by atoms with Crippen molar-refractivity contribution in [1.82, 2.24) is 19.6 Å². The molecule has 10 heteroatoms. The molecule has 3 heterocycles. The number of carbonyl (C=O) groups excluding carboxylic acids is 2. The fourth-order valence-electron chi connectivity index (χ4n) is 3.84. The van der Waals surface area contributed by atoms with Crippen molar-refractivity contribution in [3.63, 3.8) is 0 Å². The van der Waals surface area contributed by atoms with Gasteiger partial charge >= 0.3 is 0 Å². The Labute approximate surface area is 172 Å². The highest BCUT2D eigenvalue weighted by atomic mass is 35.5. The van der Waals surface area contributed by atoms with Crippen molar-refractivity contribution in [3.8, 4) is 0 Å². The van der Waals surface area contributed by atoms with E-state index in [1.807, 2.05) is 4.68 Å². The Balaban J connectivity index is 1.44. The van der Waals surface area contributed by atoms with Crippen LogP contribution in [0.15, 0.2) is 24.4 Å². The van der Waals surface area contributed by atoms with E-state index >= 15 is 0 Å². The molecule has 152 valence electrons. The Hall–Kier alpha value is -2.94. The molecule has 1 saturated heterocycles. The average Bonchev–Trinajstić information content (AvgIpc) is 3.17. The number of hydrogen-bond donors (Lipinski definition) is 0. The van der Waals surface area contributed by atoms with E-state index in [2.05, 4.69) is 5.10 Å².